The molecular formula is C14H10Cl2FN3. The van der Waals surface area contributed by atoms with E-state index in [1.165, 1.54) is 12.1 Å². The highest BCUT2D eigenvalue weighted by Crippen LogP contribution is 2.25. The van der Waals surface area contributed by atoms with Crippen molar-refractivity contribution < 1.29 is 4.39 Å². The van der Waals surface area contributed by atoms with Crippen molar-refractivity contribution in [3.8, 4) is 0 Å². The number of nitrogen functional groups attached to an aromatic ring is 1. The molecule has 0 radical (unpaired) electrons. The second kappa shape index (κ2) is 4.96. The molecule has 0 saturated carbocycles. The summed E-state index contributed by atoms with van der Waals surface area (Å²) in [6.45, 7) is 0.491. The number of hydrogen-bond acceptors (Lipinski definition) is 2. The van der Waals surface area contributed by atoms with Crippen LogP contribution in [-0.4, -0.2) is 9.55 Å². The SMILES string of the molecule is Nc1nc2cc(F)c(Cl)cc2n1Cc1cccc(Cl)c1. The molecule has 2 aromatic carbocycles. The Bertz CT molecular complexity index is 798. The van der Waals surface area contributed by atoms with Crippen LogP contribution in [0.5, 0.6) is 0 Å². The van der Waals surface area contributed by atoms with E-state index in [1.54, 1.807) is 10.6 Å². The van der Waals surface area contributed by atoms with Gasteiger partial charge in [0.15, 0.2) is 0 Å². The van der Waals surface area contributed by atoms with Gasteiger partial charge in [-0.1, -0.05) is 35.3 Å². The molecule has 0 aliphatic heterocycles. The molecule has 20 heavy (non-hydrogen) atoms. The van der Waals surface area contributed by atoms with Crippen molar-refractivity contribution in [2.24, 2.45) is 0 Å². The fourth-order valence-electron chi connectivity index (χ4n) is 2.12. The molecule has 0 unspecified atom stereocenters. The maximum Gasteiger partial charge on any atom is 0.201 e. The highest BCUT2D eigenvalue weighted by molar-refractivity contribution is 6.31. The highest BCUT2D eigenvalue weighted by atomic mass is 35.5. The molecule has 0 saturated heterocycles. The summed E-state index contributed by atoms with van der Waals surface area (Å²) in [5.41, 5.74) is 8.04. The van der Waals surface area contributed by atoms with Gasteiger partial charge in [0.25, 0.3) is 0 Å². The number of imidazole rings is 1. The number of halogens is 3. The van der Waals surface area contributed by atoms with Crippen molar-refractivity contribution >= 4 is 40.2 Å². The van der Waals surface area contributed by atoms with Gasteiger partial charge in [0.2, 0.25) is 5.95 Å². The third-order valence-electron chi connectivity index (χ3n) is 3.05. The summed E-state index contributed by atoms with van der Waals surface area (Å²) in [4.78, 5) is 4.14. The van der Waals surface area contributed by atoms with E-state index in [0.29, 0.717) is 28.5 Å². The summed E-state index contributed by atoms with van der Waals surface area (Å²) in [6.07, 6.45) is 0. The van der Waals surface area contributed by atoms with Gasteiger partial charge in [-0.3, -0.25) is 0 Å². The Labute approximate surface area is 124 Å². The van der Waals surface area contributed by atoms with E-state index in [0.717, 1.165) is 5.56 Å². The van der Waals surface area contributed by atoms with Gasteiger partial charge in [-0.25, -0.2) is 9.37 Å². The molecule has 0 bridgehead atoms. The van der Waals surface area contributed by atoms with Gasteiger partial charge in [-0.15, -0.1) is 0 Å². The van der Waals surface area contributed by atoms with Crippen LogP contribution in [0.15, 0.2) is 36.4 Å². The Hall–Kier alpha value is -1.78. The quantitative estimate of drug-likeness (QED) is 0.774. The van der Waals surface area contributed by atoms with Crippen molar-refractivity contribution in [1.82, 2.24) is 9.55 Å². The molecule has 1 aromatic heterocycles. The molecule has 0 atom stereocenters. The summed E-state index contributed by atoms with van der Waals surface area (Å²) in [5.74, 6) is -0.201. The Kier molecular flexibility index (Phi) is 3.28. The van der Waals surface area contributed by atoms with E-state index in [1.807, 2.05) is 18.2 Å². The average molecular weight is 310 g/mol. The molecule has 0 aliphatic rings. The van der Waals surface area contributed by atoms with Gasteiger partial charge in [-0.05, 0) is 23.8 Å². The van der Waals surface area contributed by atoms with Gasteiger partial charge >= 0.3 is 0 Å². The number of fused-ring (bicyclic) bond motifs is 1. The summed E-state index contributed by atoms with van der Waals surface area (Å²) in [6, 6.07) is 10.2. The first kappa shape index (κ1) is 13.2. The number of nitrogens with two attached hydrogens (primary N) is 1. The van der Waals surface area contributed by atoms with Gasteiger partial charge in [0.05, 0.1) is 22.6 Å². The predicted molar refractivity (Wildman–Crippen MR) is 79.7 cm³/mol. The minimum Gasteiger partial charge on any atom is -0.369 e. The summed E-state index contributed by atoms with van der Waals surface area (Å²) < 4.78 is 15.2. The van der Waals surface area contributed by atoms with Crippen LogP contribution in [0.4, 0.5) is 10.3 Å². The van der Waals surface area contributed by atoms with Crippen molar-refractivity contribution in [3.63, 3.8) is 0 Å². The molecule has 3 nitrogen and oxygen atoms in total. The number of nitrogens with zero attached hydrogens (tertiary/aromatic N) is 2. The molecule has 1 heterocycles. The topological polar surface area (TPSA) is 43.8 Å². The molecule has 0 spiro atoms. The van der Waals surface area contributed by atoms with Gasteiger partial charge in [-0.2, -0.15) is 0 Å². The lowest BCUT2D eigenvalue weighted by Gasteiger charge is -2.07. The van der Waals surface area contributed by atoms with Crippen molar-refractivity contribution in [2.75, 3.05) is 5.73 Å². The normalized spacial score (nSPS) is 11.2. The minimum absolute atomic E-state index is 0.0461. The Morgan fingerprint density at radius 2 is 2.00 bits per heavy atom. The van der Waals surface area contributed by atoms with Crippen LogP contribution in [0.2, 0.25) is 10.0 Å². The number of rotatable bonds is 2. The smallest absolute Gasteiger partial charge is 0.201 e. The van der Waals surface area contributed by atoms with Gasteiger partial charge < -0.3 is 10.3 Å². The lowest BCUT2D eigenvalue weighted by atomic mass is 10.2. The van der Waals surface area contributed by atoms with E-state index in [4.69, 9.17) is 28.9 Å². The summed E-state index contributed by atoms with van der Waals surface area (Å²) in [5, 5.41) is 0.694. The van der Waals surface area contributed by atoms with Crippen LogP contribution in [0.25, 0.3) is 11.0 Å². The average Bonchev–Trinajstić information content (AvgIpc) is 2.67. The van der Waals surface area contributed by atoms with Gasteiger partial charge in [0, 0.05) is 11.1 Å². The molecule has 0 aliphatic carbocycles. The molecule has 0 fully saturated rings. The number of anilines is 1. The number of hydrogen-bond donors (Lipinski definition) is 1. The fourth-order valence-corrected chi connectivity index (χ4v) is 2.49. The van der Waals surface area contributed by atoms with E-state index in [2.05, 4.69) is 4.98 Å². The molecule has 3 aromatic rings. The van der Waals surface area contributed by atoms with E-state index in [-0.39, 0.29) is 5.02 Å². The minimum atomic E-state index is -0.508. The van der Waals surface area contributed by atoms with Crippen LogP contribution in [0.1, 0.15) is 5.56 Å². The van der Waals surface area contributed by atoms with Crippen LogP contribution < -0.4 is 5.73 Å². The van der Waals surface area contributed by atoms with Crippen LogP contribution >= 0.6 is 23.2 Å². The van der Waals surface area contributed by atoms with Crippen molar-refractivity contribution in [3.05, 3.63) is 57.8 Å². The fraction of sp³-hybridized carbons (Fsp3) is 0.0714. The molecule has 102 valence electrons. The first-order valence-corrected chi connectivity index (χ1v) is 6.65. The zero-order valence-electron chi connectivity index (χ0n) is 10.3. The summed E-state index contributed by atoms with van der Waals surface area (Å²) >= 11 is 11.8. The standard InChI is InChI=1S/C14H10Cl2FN3/c15-9-3-1-2-8(4-9)7-20-13-5-10(16)11(17)6-12(13)19-14(20)18/h1-6H,7H2,(H2,18,19). The Balaban J connectivity index is 2.11. The molecule has 0 amide bonds. The predicted octanol–water partition coefficient (Wildman–Crippen LogP) is 4.11. The summed E-state index contributed by atoms with van der Waals surface area (Å²) in [7, 11) is 0. The zero-order chi connectivity index (χ0) is 14.3. The lowest BCUT2D eigenvalue weighted by molar-refractivity contribution is 0.629. The molecule has 6 heteroatoms. The monoisotopic (exact) mass is 309 g/mol. The zero-order valence-corrected chi connectivity index (χ0v) is 11.8. The molecule has 3 rings (SSSR count). The first-order valence-electron chi connectivity index (χ1n) is 5.90. The van der Waals surface area contributed by atoms with E-state index >= 15 is 0 Å². The van der Waals surface area contributed by atoms with Crippen molar-refractivity contribution in [1.29, 1.82) is 0 Å². The van der Waals surface area contributed by atoms with E-state index in [9.17, 15) is 4.39 Å². The Morgan fingerprint density at radius 3 is 2.75 bits per heavy atom. The van der Waals surface area contributed by atoms with Crippen LogP contribution in [0, 0.1) is 5.82 Å². The molecule has 2 N–H and O–H groups in total. The maximum absolute atomic E-state index is 13.4. The van der Waals surface area contributed by atoms with Crippen LogP contribution in [-0.2, 0) is 6.54 Å². The third kappa shape index (κ3) is 2.32. The number of benzene rings is 2. The maximum atomic E-state index is 13.4. The van der Waals surface area contributed by atoms with Gasteiger partial charge in [0.1, 0.15) is 5.82 Å². The molecular weight excluding hydrogens is 300 g/mol. The van der Waals surface area contributed by atoms with Crippen LogP contribution in [0.3, 0.4) is 0 Å². The number of aromatic nitrogens is 2. The lowest BCUT2D eigenvalue weighted by Crippen LogP contribution is -2.04. The largest absolute Gasteiger partial charge is 0.369 e. The second-order valence-corrected chi connectivity index (χ2v) is 5.28. The van der Waals surface area contributed by atoms with E-state index < -0.39 is 5.82 Å². The second-order valence-electron chi connectivity index (χ2n) is 4.44. The van der Waals surface area contributed by atoms with Crippen molar-refractivity contribution in [2.45, 2.75) is 6.54 Å². The highest BCUT2D eigenvalue weighted by Gasteiger charge is 2.12. The Morgan fingerprint density at radius 1 is 1.20 bits per heavy atom. The third-order valence-corrected chi connectivity index (χ3v) is 3.57. The first-order chi connectivity index (χ1) is 9.54.